The lowest BCUT2D eigenvalue weighted by Crippen LogP contribution is -2.48. The van der Waals surface area contributed by atoms with E-state index in [-0.39, 0.29) is 0 Å². The summed E-state index contributed by atoms with van der Waals surface area (Å²) in [4.78, 5) is 7.48. The Bertz CT molecular complexity index is 270. The van der Waals surface area contributed by atoms with Gasteiger partial charge in [0.15, 0.2) is 0 Å². The molecular formula is C15H28N2. The lowest BCUT2D eigenvalue weighted by atomic mass is 9.85. The number of amidine groups is 1. The quantitative estimate of drug-likeness (QED) is 0.711. The SMILES string of the molecule is CCN1/C(=N\C(C)C)CCC2CCCCCC21. The van der Waals surface area contributed by atoms with Crippen molar-refractivity contribution in [2.24, 2.45) is 10.9 Å². The van der Waals surface area contributed by atoms with Crippen molar-refractivity contribution in [2.75, 3.05) is 6.54 Å². The van der Waals surface area contributed by atoms with Crippen LogP contribution in [-0.4, -0.2) is 29.4 Å². The first-order chi connectivity index (χ1) is 8.22. The zero-order chi connectivity index (χ0) is 12.3. The van der Waals surface area contributed by atoms with Crippen LogP contribution in [0.5, 0.6) is 0 Å². The third kappa shape index (κ3) is 3.02. The van der Waals surface area contributed by atoms with Crippen molar-refractivity contribution in [3.8, 4) is 0 Å². The Labute approximate surface area is 106 Å². The van der Waals surface area contributed by atoms with Crippen molar-refractivity contribution in [3.63, 3.8) is 0 Å². The van der Waals surface area contributed by atoms with Crippen LogP contribution >= 0.6 is 0 Å². The first-order valence-electron chi connectivity index (χ1n) is 7.55. The average molecular weight is 236 g/mol. The molecule has 2 aliphatic rings. The smallest absolute Gasteiger partial charge is 0.0994 e. The molecule has 2 fully saturated rings. The van der Waals surface area contributed by atoms with Gasteiger partial charge in [-0.1, -0.05) is 19.3 Å². The molecule has 0 bridgehead atoms. The van der Waals surface area contributed by atoms with E-state index in [9.17, 15) is 0 Å². The maximum absolute atomic E-state index is 4.85. The molecule has 0 aromatic carbocycles. The summed E-state index contributed by atoms with van der Waals surface area (Å²) >= 11 is 0. The highest BCUT2D eigenvalue weighted by Crippen LogP contribution is 2.35. The highest BCUT2D eigenvalue weighted by atomic mass is 15.2. The first kappa shape index (κ1) is 12.9. The monoisotopic (exact) mass is 236 g/mol. The summed E-state index contributed by atoms with van der Waals surface area (Å²) in [6, 6.07) is 1.25. The predicted molar refractivity (Wildman–Crippen MR) is 74.5 cm³/mol. The lowest BCUT2D eigenvalue weighted by Gasteiger charge is -2.42. The molecule has 0 spiro atoms. The molecule has 1 saturated heterocycles. The normalized spacial score (nSPS) is 32.7. The van der Waals surface area contributed by atoms with E-state index in [1.807, 2.05) is 0 Å². The van der Waals surface area contributed by atoms with Gasteiger partial charge in [-0.2, -0.15) is 0 Å². The third-order valence-corrected chi connectivity index (χ3v) is 4.34. The van der Waals surface area contributed by atoms with Crippen LogP contribution in [0, 0.1) is 5.92 Å². The fourth-order valence-electron chi connectivity index (χ4n) is 3.62. The largest absolute Gasteiger partial charge is 0.357 e. The van der Waals surface area contributed by atoms with E-state index in [0.717, 1.165) is 18.5 Å². The molecule has 0 radical (unpaired) electrons. The number of piperidine rings is 1. The van der Waals surface area contributed by atoms with Crippen molar-refractivity contribution in [2.45, 2.75) is 77.8 Å². The van der Waals surface area contributed by atoms with Gasteiger partial charge in [-0.25, -0.2) is 0 Å². The van der Waals surface area contributed by atoms with Crippen LogP contribution in [-0.2, 0) is 0 Å². The maximum Gasteiger partial charge on any atom is 0.0994 e. The summed E-state index contributed by atoms with van der Waals surface area (Å²) in [5, 5.41) is 0. The van der Waals surface area contributed by atoms with E-state index in [2.05, 4.69) is 25.7 Å². The van der Waals surface area contributed by atoms with Gasteiger partial charge in [0.25, 0.3) is 0 Å². The maximum atomic E-state index is 4.85. The van der Waals surface area contributed by atoms with Crippen LogP contribution in [0.4, 0.5) is 0 Å². The molecule has 1 aliphatic carbocycles. The second kappa shape index (κ2) is 5.88. The van der Waals surface area contributed by atoms with E-state index in [1.54, 1.807) is 0 Å². The average Bonchev–Trinajstić information content (AvgIpc) is 2.53. The van der Waals surface area contributed by atoms with E-state index in [1.165, 1.54) is 50.8 Å². The van der Waals surface area contributed by atoms with E-state index >= 15 is 0 Å². The van der Waals surface area contributed by atoms with Gasteiger partial charge in [0.1, 0.15) is 0 Å². The van der Waals surface area contributed by atoms with Gasteiger partial charge in [-0.15, -0.1) is 0 Å². The molecule has 0 aromatic rings. The number of nitrogens with zero attached hydrogens (tertiary/aromatic N) is 2. The Morgan fingerprint density at radius 1 is 1.18 bits per heavy atom. The van der Waals surface area contributed by atoms with Gasteiger partial charge < -0.3 is 4.90 Å². The molecular weight excluding hydrogens is 208 g/mol. The van der Waals surface area contributed by atoms with Crippen molar-refractivity contribution in [1.82, 2.24) is 4.90 Å². The standard InChI is InChI=1S/C15H28N2/c1-4-17-14-9-7-5-6-8-13(14)10-11-15(17)16-12(2)3/h12-14H,4-11H2,1-3H3/b16-15-. The third-order valence-electron chi connectivity index (χ3n) is 4.34. The molecule has 2 rings (SSSR count). The summed E-state index contributed by atoms with van der Waals surface area (Å²) in [6.45, 7) is 7.83. The fraction of sp³-hybridized carbons (Fsp3) is 0.933. The zero-order valence-electron chi connectivity index (χ0n) is 11.8. The van der Waals surface area contributed by atoms with Crippen molar-refractivity contribution in [3.05, 3.63) is 0 Å². The van der Waals surface area contributed by atoms with Gasteiger partial charge in [0.05, 0.1) is 5.84 Å². The number of rotatable bonds is 2. The van der Waals surface area contributed by atoms with Gasteiger partial charge in [0.2, 0.25) is 0 Å². The summed E-state index contributed by atoms with van der Waals surface area (Å²) < 4.78 is 0. The van der Waals surface area contributed by atoms with Crippen LogP contribution in [0.2, 0.25) is 0 Å². The fourth-order valence-corrected chi connectivity index (χ4v) is 3.62. The Hall–Kier alpha value is -0.530. The van der Waals surface area contributed by atoms with E-state index in [0.29, 0.717) is 6.04 Å². The number of likely N-dealkylation sites (tertiary alicyclic amines) is 1. The summed E-state index contributed by atoms with van der Waals surface area (Å²) in [7, 11) is 0. The second-order valence-corrected chi connectivity index (χ2v) is 5.93. The second-order valence-electron chi connectivity index (χ2n) is 5.93. The molecule has 2 heteroatoms. The van der Waals surface area contributed by atoms with Gasteiger partial charge >= 0.3 is 0 Å². The molecule has 1 saturated carbocycles. The highest BCUT2D eigenvalue weighted by Gasteiger charge is 2.34. The Morgan fingerprint density at radius 3 is 2.65 bits per heavy atom. The molecule has 2 nitrogen and oxygen atoms in total. The zero-order valence-corrected chi connectivity index (χ0v) is 11.8. The summed E-state index contributed by atoms with van der Waals surface area (Å²) in [6.07, 6.45) is 9.77. The number of aliphatic imine (C=N–C) groups is 1. The number of fused-ring (bicyclic) bond motifs is 1. The van der Waals surface area contributed by atoms with E-state index < -0.39 is 0 Å². The van der Waals surface area contributed by atoms with E-state index in [4.69, 9.17) is 4.99 Å². The Kier molecular flexibility index (Phi) is 4.47. The Morgan fingerprint density at radius 2 is 1.94 bits per heavy atom. The molecule has 98 valence electrons. The summed E-state index contributed by atoms with van der Waals surface area (Å²) in [5.41, 5.74) is 0. The molecule has 2 unspecified atom stereocenters. The molecule has 2 atom stereocenters. The molecule has 1 aliphatic heterocycles. The van der Waals surface area contributed by atoms with Gasteiger partial charge in [-0.05, 0) is 46.0 Å². The minimum absolute atomic E-state index is 0.446. The number of hydrogen-bond donors (Lipinski definition) is 0. The van der Waals surface area contributed by atoms with Crippen LogP contribution in [0.1, 0.15) is 65.7 Å². The Balaban J connectivity index is 2.14. The topological polar surface area (TPSA) is 15.6 Å². The minimum Gasteiger partial charge on any atom is -0.357 e. The molecule has 0 N–H and O–H groups in total. The number of hydrogen-bond acceptors (Lipinski definition) is 1. The first-order valence-corrected chi connectivity index (χ1v) is 7.55. The van der Waals surface area contributed by atoms with Gasteiger partial charge in [0, 0.05) is 25.0 Å². The van der Waals surface area contributed by atoms with Crippen molar-refractivity contribution >= 4 is 5.84 Å². The summed E-state index contributed by atoms with van der Waals surface area (Å²) in [5.74, 6) is 2.34. The predicted octanol–water partition coefficient (Wildman–Crippen LogP) is 3.86. The molecule has 17 heavy (non-hydrogen) atoms. The van der Waals surface area contributed by atoms with Crippen LogP contribution < -0.4 is 0 Å². The molecule has 0 amide bonds. The van der Waals surface area contributed by atoms with Crippen molar-refractivity contribution < 1.29 is 0 Å². The molecule has 0 aromatic heterocycles. The minimum atomic E-state index is 0.446. The van der Waals surface area contributed by atoms with Crippen LogP contribution in [0.15, 0.2) is 4.99 Å². The highest BCUT2D eigenvalue weighted by molar-refractivity contribution is 5.83. The van der Waals surface area contributed by atoms with Crippen LogP contribution in [0.25, 0.3) is 0 Å². The van der Waals surface area contributed by atoms with Gasteiger partial charge in [-0.3, -0.25) is 4.99 Å². The van der Waals surface area contributed by atoms with Crippen LogP contribution in [0.3, 0.4) is 0 Å². The lowest BCUT2D eigenvalue weighted by molar-refractivity contribution is 0.183. The van der Waals surface area contributed by atoms with Crippen molar-refractivity contribution in [1.29, 1.82) is 0 Å². The molecule has 1 heterocycles.